The molecule has 0 bridgehead atoms. The van der Waals surface area contributed by atoms with Crippen molar-refractivity contribution in [2.45, 2.75) is 13.3 Å². The minimum absolute atomic E-state index is 0.104. The lowest BCUT2D eigenvalue weighted by molar-refractivity contribution is 0.0945. The Morgan fingerprint density at radius 1 is 1.16 bits per heavy atom. The van der Waals surface area contributed by atoms with Gasteiger partial charge in [0.15, 0.2) is 5.82 Å². The van der Waals surface area contributed by atoms with Crippen LogP contribution in [0, 0.1) is 5.82 Å². The number of carbonyl (C=O) groups excluding carboxylic acids is 1. The van der Waals surface area contributed by atoms with E-state index in [1.807, 2.05) is 26.2 Å². The summed E-state index contributed by atoms with van der Waals surface area (Å²) in [5.74, 6) is 0.0314. The summed E-state index contributed by atoms with van der Waals surface area (Å²) in [6.45, 7) is 2.65. The van der Waals surface area contributed by atoms with Gasteiger partial charge in [-0.05, 0) is 24.6 Å². The van der Waals surface area contributed by atoms with Gasteiger partial charge in [0.2, 0.25) is 0 Å². The van der Waals surface area contributed by atoms with Gasteiger partial charge in [-0.1, -0.05) is 19.1 Å². The molecule has 0 saturated heterocycles. The quantitative estimate of drug-likeness (QED) is 0.775. The van der Waals surface area contributed by atoms with Crippen LogP contribution in [0.25, 0.3) is 22.5 Å². The Kier molecular flexibility index (Phi) is 4.88. The number of halogens is 1. The summed E-state index contributed by atoms with van der Waals surface area (Å²) < 4.78 is 15.1. The highest BCUT2D eigenvalue weighted by atomic mass is 19.1. The predicted octanol–water partition coefficient (Wildman–Crippen LogP) is 3.43. The summed E-state index contributed by atoms with van der Waals surface area (Å²) in [6.07, 6.45) is 6.10. The van der Waals surface area contributed by atoms with Gasteiger partial charge < -0.3 is 9.88 Å². The van der Waals surface area contributed by atoms with E-state index in [9.17, 15) is 9.18 Å². The molecule has 1 N–H and O–H groups in total. The molecule has 1 amide bonds. The summed E-state index contributed by atoms with van der Waals surface area (Å²) >= 11 is 0. The first-order chi connectivity index (χ1) is 12.1. The maximum Gasteiger partial charge on any atom is 0.267 e. The molecular weight excluding hydrogens is 319 g/mol. The average molecular weight is 338 g/mol. The first-order valence-electron chi connectivity index (χ1n) is 8.11. The van der Waals surface area contributed by atoms with E-state index in [0.29, 0.717) is 23.6 Å². The number of amides is 1. The van der Waals surface area contributed by atoms with Crippen LogP contribution in [0.1, 0.15) is 23.8 Å². The van der Waals surface area contributed by atoms with Crippen molar-refractivity contribution in [3.63, 3.8) is 0 Å². The molecule has 0 fully saturated rings. The number of aromatic nitrogens is 3. The van der Waals surface area contributed by atoms with Crippen LogP contribution in [0.3, 0.4) is 0 Å². The molecule has 1 aromatic carbocycles. The molecule has 6 heteroatoms. The molecule has 0 atom stereocenters. The molecule has 128 valence electrons. The maximum atomic E-state index is 13.3. The van der Waals surface area contributed by atoms with E-state index in [0.717, 1.165) is 17.5 Å². The van der Waals surface area contributed by atoms with Gasteiger partial charge in [0.05, 0.1) is 0 Å². The van der Waals surface area contributed by atoms with Crippen molar-refractivity contribution in [1.82, 2.24) is 19.9 Å². The number of carbonyl (C=O) groups is 1. The molecule has 0 aliphatic rings. The standard InChI is InChI=1S/C19H19FN4O/c1-3-7-21-19(25)17-9-14(12-24(17)2)15-10-22-18(23-11-15)13-5-4-6-16(20)8-13/h4-6,8-12H,3,7H2,1-2H3,(H,21,25). The fraction of sp³-hybridized carbons (Fsp3) is 0.211. The van der Waals surface area contributed by atoms with Crippen molar-refractivity contribution in [3.05, 3.63) is 60.4 Å². The highest BCUT2D eigenvalue weighted by Crippen LogP contribution is 2.22. The van der Waals surface area contributed by atoms with Crippen LogP contribution in [0.4, 0.5) is 4.39 Å². The minimum Gasteiger partial charge on any atom is -0.351 e. The monoisotopic (exact) mass is 338 g/mol. The number of rotatable bonds is 5. The van der Waals surface area contributed by atoms with E-state index in [2.05, 4.69) is 15.3 Å². The zero-order chi connectivity index (χ0) is 17.8. The van der Waals surface area contributed by atoms with Crippen LogP contribution in [0.5, 0.6) is 0 Å². The van der Waals surface area contributed by atoms with Gasteiger partial charge in [0.1, 0.15) is 11.5 Å². The zero-order valence-electron chi connectivity index (χ0n) is 14.2. The Morgan fingerprint density at radius 3 is 2.60 bits per heavy atom. The molecule has 0 saturated carbocycles. The summed E-state index contributed by atoms with van der Waals surface area (Å²) in [4.78, 5) is 20.8. The van der Waals surface area contributed by atoms with E-state index in [4.69, 9.17) is 0 Å². The second kappa shape index (κ2) is 7.25. The zero-order valence-corrected chi connectivity index (χ0v) is 14.2. The fourth-order valence-corrected chi connectivity index (χ4v) is 2.53. The first-order valence-corrected chi connectivity index (χ1v) is 8.11. The van der Waals surface area contributed by atoms with E-state index >= 15 is 0 Å². The molecule has 5 nitrogen and oxygen atoms in total. The number of hydrogen-bond donors (Lipinski definition) is 1. The molecule has 3 rings (SSSR count). The minimum atomic E-state index is -0.323. The lowest BCUT2D eigenvalue weighted by atomic mass is 10.1. The third kappa shape index (κ3) is 3.74. The van der Waals surface area contributed by atoms with Gasteiger partial charge in [0.25, 0.3) is 5.91 Å². The van der Waals surface area contributed by atoms with Crippen LogP contribution in [-0.2, 0) is 7.05 Å². The lowest BCUT2D eigenvalue weighted by Gasteiger charge is -2.03. The Balaban J connectivity index is 1.84. The van der Waals surface area contributed by atoms with Crippen LogP contribution in [0.15, 0.2) is 48.9 Å². The van der Waals surface area contributed by atoms with Gasteiger partial charge >= 0.3 is 0 Å². The molecule has 0 unspecified atom stereocenters. The molecule has 0 aliphatic heterocycles. The predicted molar refractivity (Wildman–Crippen MR) is 94.5 cm³/mol. The van der Waals surface area contributed by atoms with E-state index in [-0.39, 0.29) is 11.7 Å². The first kappa shape index (κ1) is 16.8. The van der Waals surface area contributed by atoms with Gasteiger partial charge in [0, 0.05) is 48.9 Å². The summed E-state index contributed by atoms with van der Waals surface area (Å²) in [6, 6.07) is 7.98. The van der Waals surface area contributed by atoms with Crippen LogP contribution >= 0.6 is 0 Å². The van der Waals surface area contributed by atoms with Crippen molar-refractivity contribution >= 4 is 5.91 Å². The second-order valence-electron chi connectivity index (χ2n) is 5.79. The molecule has 3 aromatic rings. The number of nitrogens with zero attached hydrogens (tertiary/aromatic N) is 3. The van der Waals surface area contributed by atoms with E-state index in [1.165, 1.54) is 12.1 Å². The summed E-state index contributed by atoms with van der Waals surface area (Å²) in [5, 5.41) is 2.86. The van der Waals surface area contributed by atoms with Gasteiger partial charge in [-0.15, -0.1) is 0 Å². The smallest absolute Gasteiger partial charge is 0.267 e. The van der Waals surface area contributed by atoms with Crippen molar-refractivity contribution in [2.75, 3.05) is 6.54 Å². The highest BCUT2D eigenvalue weighted by molar-refractivity contribution is 5.94. The number of nitrogens with one attached hydrogen (secondary N) is 1. The number of aryl methyl sites for hydroxylation is 1. The second-order valence-corrected chi connectivity index (χ2v) is 5.79. The molecule has 0 radical (unpaired) electrons. The van der Waals surface area contributed by atoms with Crippen molar-refractivity contribution in [1.29, 1.82) is 0 Å². The molecular formula is C19H19FN4O. The molecule has 0 aliphatic carbocycles. The Bertz CT molecular complexity index is 887. The Morgan fingerprint density at radius 2 is 1.92 bits per heavy atom. The Labute approximate surface area is 145 Å². The topological polar surface area (TPSA) is 59.8 Å². The number of benzene rings is 1. The van der Waals surface area contributed by atoms with Crippen LogP contribution in [0.2, 0.25) is 0 Å². The maximum absolute atomic E-state index is 13.3. The van der Waals surface area contributed by atoms with Gasteiger partial charge in [-0.3, -0.25) is 4.79 Å². The van der Waals surface area contributed by atoms with Crippen LogP contribution < -0.4 is 5.32 Å². The molecule has 25 heavy (non-hydrogen) atoms. The normalized spacial score (nSPS) is 10.7. The van der Waals surface area contributed by atoms with E-state index < -0.39 is 0 Å². The van der Waals surface area contributed by atoms with E-state index in [1.54, 1.807) is 29.1 Å². The van der Waals surface area contributed by atoms with Gasteiger partial charge in [-0.2, -0.15) is 0 Å². The third-order valence-corrected chi connectivity index (χ3v) is 3.84. The van der Waals surface area contributed by atoms with Crippen molar-refractivity contribution in [3.8, 4) is 22.5 Å². The molecule has 2 aromatic heterocycles. The third-order valence-electron chi connectivity index (χ3n) is 3.84. The average Bonchev–Trinajstić information content (AvgIpc) is 3.02. The molecule has 0 spiro atoms. The van der Waals surface area contributed by atoms with Crippen molar-refractivity contribution < 1.29 is 9.18 Å². The van der Waals surface area contributed by atoms with Crippen molar-refractivity contribution in [2.24, 2.45) is 7.05 Å². The summed E-state index contributed by atoms with van der Waals surface area (Å²) in [5.41, 5.74) is 2.86. The Hall–Kier alpha value is -3.02. The summed E-state index contributed by atoms with van der Waals surface area (Å²) in [7, 11) is 1.83. The largest absolute Gasteiger partial charge is 0.351 e. The van der Waals surface area contributed by atoms with Gasteiger partial charge in [-0.25, -0.2) is 14.4 Å². The SMILES string of the molecule is CCCNC(=O)c1cc(-c2cnc(-c3cccc(F)c3)nc2)cn1C. The molecule has 2 heterocycles. The highest BCUT2D eigenvalue weighted by Gasteiger charge is 2.13. The fourth-order valence-electron chi connectivity index (χ4n) is 2.53. The van der Waals surface area contributed by atoms with Crippen LogP contribution in [-0.4, -0.2) is 27.0 Å². The number of hydrogen-bond acceptors (Lipinski definition) is 3. The lowest BCUT2D eigenvalue weighted by Crippen LogP contribution is -2.25.